The Morgan fingerprint density at radius 3 is 2.39 bits per heavy atom. The maximum Gasteiger partial charge on any atom is 0.264 e. The van der Waals surface area contributed by atoms with Gasteiger partial charge in [-0.05, 0) is 61.2 Å². The van der Waals surface area contributed by atoms with Gasteiger partial charge >= 0.3 is 0 Å². The molecule has 1 fully saturated rings. The first-order chi connectivity index (χ1) is 19.8. The summed E-state index contributed by atoms with van der Waals surface area (Å²) in [6.45, 7) is 2.86. The topological polar surface area (TPSA) is 111 Å². The molecule has 0 spiro atoms. The lowest BCUT2D eigenvalue weighted by Crippen LogP contribution is -2.49. The van der Waals surface area contributed by atoms with Gasteiger partial charge < -0.3 is 10.0 Å². The van der Waals surface area contributed by atoms with E-state index in [1.165, 1.54) is 29.2 Å². The Labute approximate surface area is 235 Å². The van der Waals surface area contributed by atoms with Gasteiger partial charge in [0.1, 0.15) is 17.5 Å². The molecule has 1 aliphatic rings. The molecule has 1 amide bonds. The molecule has 210 valence electrons. The number of aliphatic hydroxyl groups is 1. The molecule has 3 aromatic heterocycles. The number of fused-ring (bicyclic) bond motifs is 1. The number of carbonyl (C=O) groups is 1. The van der Waals surface area contributed by atoms with Crippen LogP contribution in [-0.2, 0) is 11.3 Å². The van der Waals surface area contributed by atoms with E-state index < -0.39 is 5.60 Å². The van der Waals surface area contributed by atoms with Crippen molar-refractivity contribution in [2.45, 2.75) is 44.4 Å². The maximum atomic E-state index is 13.3. The van der Waals surface area contributed by atoms with Crippen LogP contribution in [-0.4, -0.2) is 63.7 Å². The van der Waals surface area contributed by atoms with Gasteiger partial charge in [-0.15, -0.1) is 0 Å². The second kappa shape index (κ2) is 10.7. The first kappa shape index (κ1) is 26.6. The van der Waals surface area contributed by atoms with Crippen molar-refractivity contribution in [3.05, 3.63) is 95.7 Å². The highest BCUT2D eigenvalue weighted by atomic mass is 19.1. The van der Waals surface area contributed by atoms with E-state index in [0.717, 1.165) is 16.8 Å². The third kappa shape index (κ3) is 5.40. The molecule has 0 radical (unpaired) electrons. The summed E-state index contributed by atoms with van der Waals surface area (Å²) in [6.07, 6.45) is 7.51. The van der Waals surface area contributed by atoms with Gasteiger partial charge in [0.2, 0.25) is 5.91 Å². The van der Waals surface area contributed by atoms with E-state index in [2.05, 4.69) is 15.2 Å². The van der Waals surface area contributed by atoms with Crippen molar-refractivity contribution < 1.29 is 14.3 Å². The molecule has 0 bridgehead atoms. The number of halogens is 1. The fourth-order valence-corrected chi connectivity index (χ4v) is 5.35. The molecule has 41 heavy (non-hydrogen) atoms. The first-order valence-electron chi connectivity index (χ1n) is 13.6. The van der Waals surface area contributed by atoms with Gasteiger partial charge in [-0.2, -0.15) is 10.2 Å². The number of likely N-dealkylation sites (tertiary alicyclic amines) is 1. The highest BCUT2D eigenvalue weighted by molar-refractivity contribution is 5.77. The lowest BCUT2D eigenvalue weighted by molar-refractivity contribution is -0.136. The number of aromatic nitrogens is 6. The number of rotatable bonds is 7. The van der Waals surface area contributed by atoms with Crippen molar-refractivity contribution in [3.63, 3.8) is 0 Å². The van der Waals surface area contributed by atoms with Gasteiger partial charge in [0.15, 0.2) is 5.65 Å². The van der Waals surface area contributed by atoms with Gasteiger partial charge in [0.05, 0.1) is 30.1 Å². The summed E-state index contributed by atoms with van der Waals surface area (Å²) >= 11 is 0. The molecule has 0 saturated carbocycles. The van der Waals surface area contributed by atoms with Crippen molar-refractivity contribution in [3.8, 4) is 16.8 Å². The molecular formula is C30H30FN7O3. The SMILES string of the molecule is C[C@H](CC(=O)N1CCC(O)(Cn2cnc3c(cnn3-c3ccc(-c4ccc(F)cc4)cc3)c2=O)CC1)n1cccn1. The second-order valence-electron chi connectivity index (χ2n) is 10.7. The predicted molar refractivity (Wildman–Crippen MR) is 151 cm³/mol. The zero-order chi connectivity index (χ0) is 28.6. The van der Waals surface area contributed by atoms with Crippen LogP contribution in [0.2, 0.25) is 0 Å². The number of hydrogen-bond acceptors (Lipinski definition) is 6. The van der Waals surface area contributed by atoms with Crippen molar-refractivity contribution in [2.75, 3.05) is 13.1 Å². The fraction of sp³-hybridized carbons (Fsp3) is 0.300. The lowest BCUT2D eigenvalue weighted by Gasteiger charge is -2.38. The summed E-state index contributed by atoms with van der Waals surface area (Å²) in [5.74, 6) is -0.266. The van der Waals surface area contributed by atoms with Crippen LogP contribution in [0, 0.1) is 5.82 Å². The van der Waals surface area contributed by atoms with Crippen LogP contribution in [0.3, 0.4) is 0 Å². The average Bonchev–Trinajstić information content (AvgIpc) is 3.67. The third-order valence-electron chi connectivity index (χ3n) is 7.80. The number of nitrogens with zero attached hydrogens (tertiary/aromatic N) is 7. The smallest absolute Gasteiger partial charge is 0.264 e. The van der Waals surface area contributed by atoms with Crippen molar-refractivity contribution >= 4 is 16.9 Å². The van der Waals surface area contributed by atoms with Gasteiger partial charge in [-0.1, -0.05) is 24.3 Å². The van der Waals surface area contributed by atoms with Crippen LogP contribution in [0.5, 0.6) is 0 Å². The predicted octanol–water partition coefficient (Wildman–Crippen LogP) is 3.59. The van der Waals surface area contributed by atoms with E-state index in [0.29, 0.717) is 43.4 Å². The van der Waals surface area contributed by atoms with Gasteiger partial charge in [-0.25, -0.2) is 14.1 Å². The zero-order valence-electron chi connectivity index (χ0n) is 22.6. The van der Waals surface area contributed by atoms with Gasteiger partial charge in [-0.3, -0.25) is 18.8 Å². The largest absolute Gasteiger partial charge is 0.388 e. The summed E-state index contributed by atoms with van der Waals surface area (Å²) < 4.78 is 18.0. The van der Waals surface area contributed by atoms with Crippen molar-refractivity contribution in [1.29, 1.82) is 0 Å². The molecule has 5 aromatic rings. The number of hydrogen-bond donors (Lipinski definition) is 1. The molecule has 1 aliphatic heterocycles. The van der Waals surface area contributed by atoms with Gasteiger partial charge in [0.25, 0.3) is 5.56 Å². The standard InChI is InChI=1S/C30H30FN7O3/c1-21(37-14-2-13-33-37)17-27(39)35-15-11-30(41,12-16-35)19-36-20-32-28-26(29(36)40)18-34-38(28)25-9-5-23(6-10-25)22-3-7-24(31)8-4-22/h2-10,13-14,18,20-21,41H,11-12,15-17,19H2,1H3/t21-/m1/s1. The van der Waals surface area contributed by atoms with Crippen molar-refractivity contribution in [1.82, 2.24) is 34.0 Å². The normalized spacial score (nSPS) is 15.7. The molecule has 6 rings (SSSR count). The fourth-order valence-electron chi connectivity index (χ4n) is 5.35. The Morgan fingerprint density at radius 2 is 1.73 bits per heavy atom. The molecule has 0 aliphatic carbocycles. The Kier molecular flexibility index (Phi) is 6.96. The molecular weight excluding hydrogens is 525 g/mol. The van der Waals surface area contributed by atoms with E-state index in [9.17, 15) is 19.1 Å². The Hall–Kier alpha value is -4.64. The summed E-state index contributed by atoms with van der Waals surface area (Å²) in [5.41, 5.74) is 1.54. The molecule has 4 heterocycles. The number of benzene rings is 2. The minimum Gasteiger partial charge on any atom is -0.388 e. The van der Waals surface area contributed by atoms with Gasteiger partial charge in [0, 0.05) is 31.9 Å². The number of piperidine rings is 1. The summed E-state index contributed by atoms with van der Waals surface area (Å²) in [4.78, 5) is 32.4. The summed E-state index contributed by atoms with van der Waals surface area (Å²) in [5, 5.41) is 20.2. The second-order valence-corrected chi connectivity index (χ2v) is 10.7. The summed E-state index contributed by atoms with van der Waals surface area (Å²) in [6, 6.07) is 15.6. The maximum absolute atomic E-state index is 13.3. The molecule has 11 heteroatoms. The molecule has 0 unspecified atom stereocenters. The zero-order valence-corrected chi connectivity index (χ0v) is 22.6. The van der Waals surface area contributed by atoms with E-state index in [1.54, 1.807) is 32.6 Å². The van der Waals surface area contributed by atoms with Crippen LogP contribution in [0.1, 0.15) is 32.2 Å². The minimum absolute atomic E-state index is 0.0217. The summed E-state index contributed by atoms with van der Waals surface area (Å²) in [7, 11) is 0. The van der Waals surface area contributed by atoms with E-state index in [-0.39, 0.29) is 29.9 Å². The Balaban J connectivity index is 1.13. The Bertz CT molecular complexity index is 1720. The molecule has 2 aromatic carbocycles. The molecule has 1 atom stereocenters. The molecule has 10 nitrogen and oxygen atoms in total. The monoisotopic (exact) mass is 555 g/mol. The van der Waals surface area contributed by atoms with E-state index in [4.69, 9.17) is 0 Å². The van der Waals surface area contributed by atoms with Crippen LogP contribution < -0.4 is 5.56 Å². The lowest BCUT2D eigenvalue weighted by atomic mass is 9.91. The number of amides is 1. The quantitative estimate of drug-likeness (QED) is 0.329. The van der Waals surface area contributed by atoms with Crippen LogP contribution in [0.4, 0.5) is 4.39 Å². The van der Waals surface area contributed by atoms with Crippen LogP contribution in [0.15, 0.2) is 84.3 Å². The average molecular weight is 556 g/mol. The third-order valence-corrected chi connectivity index (χ3v) is 7.80. The van der Waals surface area contributed by atoms with Crippen LogP contribution in [0.25, 0.3) is 27.8 Å². The Morgan fingerprint density at radius 1 is 1.05 bits per heavy atom. The number of carbonyl (C=O) groups excluding carboxylic acids is 1. The molecule has 1 saturated heterocycles. The highest BCUT2D eigenvalue weighted by Gasteiger charge is 2.35. The first-order valence-corrected chi connectivity index (χ1v) is 13.6. The van der Waals surface area contributed by atoms with E-state index >= 15 is 0 Å². The highest BCUT2D eigenvalue weighted by Crippen LogP contribution is 2.26. The minimum atomic E-state index is -1.13. The van der Waals surface area contributed by atoms with E-state index in [1.807, 2.05) is 43.5 Å². The molecule has 1 N–H and O–H groups in total. The van der Waals surface area contributed by atoms with Crippen LogP contribution >= 0.6 is 0 Å². The van der Waals surface area contributed by atoms with Crippen molar-refractivity contribution in [2.24, 2.45) is 0 Å².